The zero-order chi connectivity index (χ0) is 12.9. The molecule has 0 nitrogen and oxygen atoms in total. The number of hydrogen-bond acceptors (Lipinski definition) is 0. The van der Waals surface area contributed by atoms with Gasteiger partial charge in [-0.3, -0.25) is 0 Å². The van der Waals surface area contributed by atoms with Gasteiger partial charge in [-0.05, 0) is 23.8 Å². The first-order valence-electron chi connectivity index (χ1n) is 6.40. The van der Waals surface area contributed by atoms with Crippen LogP contribution in [-0.4, -0.2) is 8.41 Å². The monoisotopic (exact) mass is 340 g/mol. The van der Waals surface area contributed by atoms with Crippen molar-refractivity contribution in [3.8, 4) is 0 Å². The number of hydrogen-bond donors (Lipinski definition) is 0. The van der Waals surface area contributed by atoms with Gasteiger partial charge in [0.05, 0.1) is 0 Å². The van der Waals surface area contributed by atoms with E-state index in [4.69, 9.17) is 0 Å². The molecule has 21 heavy (non-hydrogen) atoms. The van der Waals surface area contributed by atoms with Gasteiger partial charge in [0.1, 0.15) is 0 Å². The predicted molar refractivity (Wildman–Crippen MR) is 96.5 cm³/mol. The van der Waals surface area contributed by atoms with Gasteiger partial charge in [-0.25, -0.2) is 0 Å². The molecule has 3 aromatic rings. The molecule has 0 radical (unpaired) electrons. The summed E-state index contributed by atoms with van der Waals surface area (Å²) in [6.07, 6.45) is 0. The Morgan fingerprint density at radius 1 is 0.429 bits per heavy atom. The van der Waals surface area contributed by atoms with Gasteiger partial charge < -0.3 is 0 Å². The van der Waals surface area contributed by atoms with Gasteiger partial charge in [0.15, 0.2) is 0 Å². The van der Waals surface area contributed by atoms with Gasteiger partial charge in [0.25, 0.3) is 0 Å². The molecule has 0 saturated carbocycles. The Balaban J connectivity index is 0.00000110. The summed E-state index contributed by atoms with van der Waals surface area (Å²) in [5.74, 6) is 0. The molecule has 0 bridgehead atoms. The fourth-order valence-electron chi connectivity index (χ4n) is 2.18. The largest absolute Gasteiger partial charge is 1.00 e. The molecule has 3 aromatic carbocycles. The van der Waals surface area contributed by atoms with E-state index < -0.39 is 7.92 Å². The molecule has 0 unspecified atom stereocenters. The smallest absolute Gasteiger partial charge is 0.0626 e. The van der Waals surface area contributed by atoms with Crippen molar-refractivity contribution in [2.24, 2.45) is 0 Å². The molecule has 0 amide bonds. The summed E-state index contributed by atoms with van der Waals surface area (Å²) in [5.41, 5.74) is 0. The minimum atomic E-state index is -0.446. The van der Waals surface area contributed by atoms with Gasteiger partial charge in [0.2, 0.25) is 0 Å². The van der Waals surface area contributed by atoms with E-state index in [9.17, 15) is 0 Å². The van der Waals surface area contributed by atoms with E-state index in [0.717, 1.165) is 0 Å². The van der Waals surface area contributed by atoms with Crippen molar-refractivity contribution in [3.63, 3.8) is 0 Å². The van der Waals surface area contributed by atoms with Crippen LogP contribution in [0.4, 0.5) is 0 Å². The van der Waals surface area contributed by atoms with Crippen molar-refractivity contribution in [1.29, 1.82) is 0 Å². The first-order chi connectivity index (χ1) is 9.45. The van der Waals surface area contributed by atoms with E-state index in [1.807, 2.05) is 0 Å². The van der Waals surface area contributed by atoms with Crippen LogP contribution in [0.2, 0.25) is 0 Å². The molecule has 3 heteroatoms. The minimum absolute atomic E-state index is 0. The van der Waals surface area contributed by atoms with Crippen LogP contribution in [0.25, 0.3) is 0 Å². The first kappa shape index (κ1) is 17.7. The molecule has 0 spiro atoms. The maximum absolute atomic E-state index is 2.23. The Hall–Kier alpha value is -1.33. The van der Waals surface area contributed by atoms with Crippen LogP contribution in [0.3, 0.4) is 0 Å². The van der Waals surface area contributed by atoms with Crippen molar-refractivity contribution in [2.75, 3.05) is 0 Å². The third kappa shape index (κ3) is 4.32. The maximum atomic E-state index is 2.23. The molecular formula is C18H19BCuP. The molecular weight excluding hydrogens is 322 g/mol. The van der Waals surface area contributed by atoms with Gasteiger partial charge in [-0.2, -0.15) is 0 Å². The molecule has 0 fully saturated rings. The summed E-state index contributed by atoms with van der Waals surface area (Å²) in [7, 11) is -0.446. The molecule has 3 rings (SSSR count). The van der Waals surface area contributed by atoms with Gasteiger partial charge in [-0.1, -0.05) is 99.4 Å². The number of rotatable bonds is 3. The average molecular weight is 341 g/mol. The van der Waals surface area contributed by atoms with Crippen molar-refractivity contribution < 1.29 is 17.1 Å². The summed E-state index contributed by atoms with van der Waals surface area (Å²) >= 11 is 0. The Kier molecular flexibility index (Phi) is 7.47. The fraction of sp³-hybridized carbons (Fsp3) is 0. The van der Waals surface area contributed by atoms with Crippen molar-refractivity contribution >= 4 is 32.2 Å². The zero-order valence-corrected chi connectivity index (χ0v) is 12.7. The summed E-state index contributed by atoms with van der Waals surface area (Å²) in [6.45, 7) is 0. The van der Waals surface area contributed by atoms with E-state index in [0.29, 0.717) is 0 Å². The van der Waals surface area contributed by atoms with Gasteiger partial charge in [0, 0.05) is 0 Å². The third-order valence-corrected chi connectivity index (χ3v) is 5.49. The van der Waals surface area contributed by atoms with E-state index in [-0.39, 0.29) is 25.5 Å². The molecule has 0 saturated heterocycles. The average Bonchev–Trinajstić information content (AvgIpc) is 2.51. The van der Waals surface area contributed by atoms with E-state index in [1.54, 1.807) is 0 Å². The van der Waals surface area contributed by atoms with Crippen LogP contribution in [0, 0.1) is 0 Å². The van der Waals surface area contributed by atoms with Crippen LogP contribution in [0.15, 0.2) is 91.0 Å². The predicted octanol–water partition coefficient (Wildman–Crippen LogP) is 1.99. The molecule has 0 aliphatic rings. The van der Waals surface area contributed by atoms with Crippen molar-refractivity contribution in [3.05, 3.63) is 91.0 Å². The molecule has 110 valence electrons. The van der Waals surface area contributed by atoms with Gasteiger partial charge >= 0.3 is 17.1 Å². The second-order valence-electron chi connectivity index (χ2n) is 4.34. The Morgan fingerprint density at radius 2 is 0.667 bits per heavy atom. The molecule has 0 N–H and O–H groups in total. The van der Waals surface area contributed by atoms with E-state index in [2.05, 4.69) is 91.0 Å². The Bertz CT molecular complexity index is 535. The molecule has 0 aliphatic carbocycles. The van der Waals surface area contributed by atoms with Crippen molar-refractivity contribution in [1.82, 2.24) is 0 Å². The number of benzene rings is 3. The minimum Gasteiger partial charge on any atom is -0.0626 e. The zero-order valence-electron chi connectivity index (χ0n) is 10.9. The van der Waals surface area contributed by atoms with Crippen LogP contribution in [-0.2, 0) is 17.1 Å². The van der Waals surface area contributed by atoms with Gasteiger partial charge in [-0.15, -0.1) is 0 Å². The topological polar surface area (TPSA) is 0 Å². The maximum Gasteiger partial charge on any atom is 1.00 e. The Labute approximate surface area is 140 Å². The SMILES string of the molecule is [BH4-].[Cu+].c1ccc(P(c2ccccc2)c2ccccc2)cc1. The first-order valence-corrected chi connectivity index (χ1v) is 7.74. The van der Waals surface area contributed by atoms with E-state index in [1.165, 1.54) is 15.9 Å². The normalized spacial score (nSPS) is 9.57. The van der Waals surface area contributed by atoms with Crippen LogP contribution in [0.5, 0.6) is 0 Å². The summed E-state index contributed by atoms with van der Waals surface area (Å²) in [5, 5.41) is 4.19. The summed E-state index contributed by atoms with van der Waals surface area (Å²) in [4.78, 5) is 0. The Morgan fingerprint density at radius 3 is 0.905 bits per heavy atom. The molecule has 0 aliphatic heterocycles. The quantitative estimate of drug-likeness (QED) is 0.505. The second-order valence-corrected chi connectivity index (χ2v) is 6.56. The molecule has 0 aromatic heterocycles. The van der Waals surface area contributed by atoms with Crippen LogP contribution < -0.4 is 15.9 Å². The molecule has 0 atom stereocenters. The van der Waals surface area contributed by atoms with Crippen LogP contribution >= 0.6 is 7.92 Å². The third-order valence-electron chi connectivity index (χ3n) is 3.04. The summed E-state index contributed by atoms with van der Waals surface area (Å²) in [6, 6.07) is 32.3. The van der Waals surface area contributed by atoms with E-state index >= 15 is 0 Å². The standard InChI is InChI=1S/C18H15P.BH4.Cu/c1-4-10-16(11-5-1)19(17-12-6-2-7-13-17)18-14-8-3-9-15-18;;/h1-15H;1H4;/q;-1;+1. The second kappa shape index (κ2) is 8.85. The molecule has 0 heterocycles. The summed E-state index contributed by atoms with van der Waals surface area (Å²) < 4.78 is 0. The van der Waals surface area contributed by atoms with Crippen LogP contribution in [0.1, 0.15) is 0 Å². The van der Waals surface area contributed by atoms with Crippen molar-refractivity contribution in [2.45, 2.75) is 0 Å². The fourth-order valence-corrected chi connectivity index (χ4v) is 4.48.